The standard InChI is InChI=1S/C24H22N2O2S/c1-2-17-7-6-10-21(15-17)26-22(27)16-29-24(26)19-11-13-20(14-12-19)25-23(28)18-8-4-3-5-9-18/h3-15,24H,2,16H2,1H3,(H,25,28)/t24-/m1/s1. The van der Waals surface area contributed by atoms with Gasteiger partial charge in [0.15, 0.2) is 0 Å². The number of anilines is 2. The van der Waals surface area contributed by atoms with E-state index in [0.29, 0.717) is 11.3 Å². The molecule has 0 saturated carbocycles. The molecule has 0 unspecified atom stereocenters. The van der Waals surface area contributed by atoms with E-state index in [1.165, 1.54) is 5.56 Å². The number of nitrogens with zero attached hydrogens (tertiary/aromatic N) is 1. The number of nitrogens with one attached hydrogen (secondary N) is 1. The molecule has 4 rings (SSSR count). The summed E-state index contributed by atoms with van der Waals surface area (Å²) in [6, 6.07) is 25.0. The van der Waals surface area contributed by atoms with Crippen LogP contribution in [0.2, 0.25) is 0 Å². The average molecular weight is 403 g/mol. The van der Waals surface area contributed by atoms with Gasteiger partial charge in [-0.15, -0.1) is 11.8 Å². The van der Waals surface area contributed by atoms with Crippen LogP contribution in [0.15, 0.2) is 78.9 Å². The van der Waals surface area contributed by atoms with Gasteiger partial charge in [0.25, 0.3) is 5.91 Å². The van der Waals surface area contributed by atoms with Gasteiger partial charge < -0.3 is 5.32 Å². The lowest BCUT2D eigenvalue weighted by Crippen LogP contribution is -2.27. The van der Waals surface area contributed by atoms with E-state index in [-0.39, 0.29) is 17.2 Å². The number of carbonyl (C=O) groups is 2. The summed E-state index contributed by atoms with van der Waals surface area (Å²) in [4.78, 5) is 26.8. The van der Waals surface area contributed by atoms with Gasteiger partial charge in [-0.2, -0.15) is 0 Å². The third-order valence-corrected chi connectivity index (χ3v) is 6.17. The maximum Gasteiger partial charge on any atom is 0.255 e. The van der Waals surface area contributed by atoms with Gasteiger partial charge in [-0.05, 0) is 53.9 Å². The highest BCUT2D eigenvalue weighted by atomic mass is 32.2. The summed E-state index contributed by atoms with van der Waals surface area (Å²) in [5, 5.41) is 2.85. The molecule has 0 spiro atoms. The molecule has 3 aromatic rings. The van der Waals surface area contributed by atoms with Gasteiger partial charge in [0.05, 0.1) is 5.75 Å². The second-order valence-corrected chi connectivity index (χ2v) is 7.96. The maximum atomic E-state index is 12.6. The molecular weight excluding hydrogens is 380 g/mol. The molecule has 0 radical (unpaired) electrons. The van der Waals surface area contributed by atoms with Crippen LogP contribution in [0.1, 0.15) is 33.8 Å². The van der Waals surface area contributed by atoms with Crippen LogP contribution in [0, 0.1) is 0 Å². The Hall–Kier alpha value is -3.05. The summed E-state index contributed by atoms with van der Waals surface area (Å²) in [6.07, 6.45) is 0.934. The Morgan fingerprint density at radius 3 is 2.52 bits per heavy atom. The van der Waals surface area contributed by atoms with Crippen LogP contribution >= 0.6 is 11.8 Å². The zero-order chi connectivity index (χ0) is 20.2. The molecule has 0 aromatic heterocycles. The topological polar surface area (TPSA) is 49.4 Å². The maximum absolute atomic E-state index is 12.6. The van der Waals surface area contributed by atoms with Gasteiger partial charge in [-0.1, -0.05) is 49.4 Å². The number of rotatable bonds is 5. The van der Waals surface area contributed by atoms with Gasteiger partial charge >= 0.3 is 0 Å². The van der Waals surface area contributed by atoms with E-state index in [2.05, 4.69) is 24.4 Å². The zero-order valence-electron chi connectivity index (χ0n) is 16.2. The molecule has 1 fully saturated rings. The first-order valence-electron chi connectivity index (χ1n) is 9.64. The number of benzene rings is 3. The number of carbonyl (C=O) groups excluding carboxylic acids is 2. The normalized spacial score (nSPS) is 16.1. The molecule has 1 aliphatic rings. The molecule has 146 valence electrons. The Kier molecular flexibility index (Phi) is 5.67. The molecule has 1 N–H and O–H groups in total. The third kappa shape index (κ3) is 4.20. The summed E-state index contributed by atoms with van der Waals surface area (Å²) < 4.78 is 0. The molecule has 0 aliphatic carbocycles. The number of thioether (sulfide) groups is 1. The Balaban J connectivity index is 1.53. The van der Waals surface area contributed by atoms with Crippen molar-refractivity contribution in [2.24, 2.45) is 0 Å². The number of hydrogen-bond acceptors (Lipinski definition) is 3. The number of hydrogen-bond donors (Lipinski definition) is 1. The first kappa shape index (κ1) is 19.3. The molecule has 2 amide bonds. The fraction of sp³-hybridized carbons (Fsp3) is 0.167. The molecule has 4 nitrogen and oxygen atoms in total. The average Bonchev–Trinajstić information content (AvgIpc) is 3.16. The predicted molar refractivity (Wildman–Crippen MR) is 119 cm³/mol. The Labute approximate surface area is 174 Å². The van der Waals surface area contributed by atoms with Crippen LogP contribution in [-0.2, 0) is 11.2 Å². The van der Waals surface area contributed by atoms with Crippen LogP contribution in [0.5, 0.6) is 0 Å². The van der Waals surface area contributed by atoms with Crippen LogP contribution in [0.25, 0.3) is 0 Å². The van der Waals surface area contributed by atoms with Crippen molar-refractivity contribution < 1.29 is 9.59 Å². The van der Waals surface area contributed by atoms with Crippen LogP contribution < -0.4 is 10.2 Å². The smallest absolute Gasteiger partial charge is 0.255 e. The zero-order valence-corrected chi connectivity index (χ0v) is 17.0. The Morgan fingerprint density at radius 2 is 1.79 bits per heavy atom. The van der Waals surface area contributed by atoms with E-state index < -0.39 is 0 Å². The van der Waals surface area contributed by atoms with Crippen molar-refractivity contribution in [2.45, 2.75) is 18.7 Å². The van der Waals surface area contributed by atoms with Crippen molar-refractivity contribution in [1.82, 2.24) is 0 Å². The van der Waals surface area contributed by atoms with Crippen molar-refractivity contribution in [3.05, 3.63) is 95.6 Å². The lowest BCUT2D eigenvalue weighted by Gasteiger charge is -2.25. The van der Waals surface area contributed by atoms with E-state index in [1.807, 2.05) is 59.5 Å². The Bertz CT molecular complexity index is 1020. The van der Waals surface area contributed by atoms with E-state index in [4.69, 9.17) is 0 Å². The van der Waals surface area contributed by atoms with Gasteiger partial charge in [0, 0.05) is 16.9 Å². The minimum Gasteiger partial charge on any atom is -0.322 e. The molecule has 29 heavy (non-hydrogen) atoms. The first-order chi connectivity index (χ1) is 14.2. The fourth-order valence-corrected chi connectivity index (χ4v) is 4.58. The van der Waals surface area contributed by atoms with Crippen LogP contribution in [-0.4, -0.2) is 17.6 Å². The highest BCUT2D eigenvalue weighted by Crippen LogP contribution is 2.42. The minimum absolute atomic E-state index is 0.0616. The van der Waals surface area contributed by atoms with Gasteiger partial charge in [0.2, 0.25) is 5.91 Å². The van der Waals surface area contributed by atoms with E-state index in [9.17, 15) is 9.59 Å². The summed E-state index contributed by atoms with van der Waals surface area (Å²) in [7, 11) is 0. The lowest BCUT2D eigenvalue weighted by molar-refractivity contribution is -0.115. The summed E-state index contributed by atoms with van der Waals surface area (Å²) in [6.45, 7) is 2.11. The highest BCUT2D eigenvalue weighted by Gasteiger charge is 2.34. The molecule has 1 aliphatic heterocycles. The molecule has 1 heterocycles. The number of aryl methyl sites for hydroxylation is 1. The van der Waals surface area contributed by atoms with Crippen molar-refractivity contribution in [2.75, 3.05) is 16.0 Å². The minimum atomic E-state index is -0.137. The van der Waals surface area contributed by atoms with Crippen LogP contribution in [0.4, 0.5) is 11.4 Å². The molecule has 0 bridgehead atoms. The van der Waals surface area contributed by atoms with Crippen molar-refractivity contribution in [3.63, 3.8) is 0 Å². The number of amides is 2. The van der Waals surface area contributed by atoms with Crippen molar-refractivity contribution in [3.8, 4) is 0 Å². The van der Waals surface area contributed by atoms with E-state index in [1.54, 1.807) is 23.9 Å². The largest absolute Gasteiger partial charge is 0.322 e. The molecule has 1 atom stereocenters. The monoisotopic (exact) mass is 402 g/mol. The second-order valence-electron chi connectivity index (χ2n) is 6.89. The molecule has 3 aromatic carbocycles. The molecular formula is C24H22N2O2S. The predicted octanol–water partition coefficient (Wildman–Crippen LogP) is 5.28. The highest BCUT2D eigenvalue weighted by molar-refractivity contribution is 8.00. The van der Waals surface area contributed by atoms with Crippen molar-refractivity contribution in [1.29, 1.82) is 0 Å². The quantitative estimate of drug-likeness (QED) is 0.632. The lowest BCUT2D eigenvalue weighted by atomic mass is 10.1. The van der Waals surface area contributed by atoms with Gasteiger partial charge in [0.1, 0.15) is 5.37 Å². The van der Waals surface area contributed by atoms with E-state index >= 15 is 0 Å². The SMILES string of the molecule is CCc1cccc(N2C(=O)CS[C@@H]2c2ccc(NC(=O)c3ccccc3)cc2)c1. The van der Waals surface area contributed by atoms with E-state index in [0.717, 1.165) is 23.4 Å². The summed E-state index contributed by atoms with van der Waals surface area (Å²) in [5.41, 5.74) is 4.54. The van der Waals surface area contributed by atoms with Crippen molar-refractivity contribution >= 4 is 35.0 Å². The molecule has 1 saturated heterocycles. The van der Waals surface area contributed by atoms with Gasteiger partial charge in [-0.25, -0.2) is 0 Å². The van der Waals surface area contributed by atoms with Crippen LogP contribution in [0.3, 0.4) is 0 Å². The summed E-state index contributed by atoms with van der Waals surface area (Å²) >= 11 is 1.63. The fourth-order valence-electron chi connectivity index (χ4n) is 3.40. The Morgan fingerprint density at radius 1 is 1.03 bits per heavy atom. The third-order valence-electron chi connectivity index (χ3n) is 4.95. The first-order valence-corrected chi connectivity index (χ1v) is 10.7. The molecule has 5 heteroatoms. The summed E-state index contributed by atoms with van der Waals surface area (Å²) in [5.74, 6) is 0.449. The van der Waals surface area contributed by atoms with Gasteiger partial charge in [-0.3, -0.25) is 14.5 Å². The second kappa shape index (κ2) is 8.53.